The quantitative estimate of drug-likeness (QED) is 0.929. The van der Waals surface area contributed by atoms with Gasteiger partial charge in [-0.15, -0.1) is 11.3 Å². The third-order valence-electron chi connectivity index (χ3n) is 2.95. The largest absolute Gasteiger partial charge is 0.368 e. The number of anilines is 1. The molecular formula is C11H15N3O2S2. The normalized spacial score (nSPS) is 12.8. The summed E-state index contributed by atoms with van der Waals surface area (Å²) in [4.78, 5) is 9.19. The van der Waals surface area contributed by atoms with Gasteiger partial charge in [0.2, 0.25) is 0 Å². The van der Waals surface area contributed by atoms with Gasteiger partial charge in [-0.05, 0) is 25.3 Å². The molecule has 0 bridgehead atoms. The predicted molar refractivity (Wildman–Crippen MR) is 74.8 cm³/mol. The third-order valence-corrected chi connectivity index (χ3v) is 5.92. The molecule has 1 N–H and O–H groups in total. The minimum absolute atomic E-state index is 0.313. The highest BCUT2D eigenvalue weighted by Gasteiger charge is 2.30. The van der Waals surface area contributed by atoms with E-state index in [1.165, 1.54) is 23.9 Å². The second-order valence-electron chi connectivity index (χ2n) is 4.75. The molecule has 0 aliphatic carbocycles. The lowest BCUT2D eigenvalue weighted by Crippen LogP contribution is -2.38. The van der Waals surface area contributed by atoms with Crippen LogP contribution in [-0.4, -0.2) is 35.9 Å². The number of nitrogens with zero attached hydrogens (tertiary/aromatic N) is 2. The minimum atomic E-state index is -3.12. The molecule has 2 aromatic rings. The molecule has 0 unspecified atom stereocenters. The van der Waals surface area contributed by atoms with Crippen molar-refractivity contribution < 1.29 is 8.42 Å². The Morgan fingerprint density at radius 2 is 2.11 bits per heavy atom. The van der Waals surface area contributed by atoms with Gasteiger partial charge in [0.15, 0.2) is 9.84 Å². The van der Waals surface area contributed by atoms with Crippen molar-refractivity contribution in [3.8, 4) is 0 Å². The van der Waals surface area contributed by atoms with Gasteiger partial charge in [-0.3, -0.25) is 0 Å². The Bertz CT molecular complexity index is 662. The summed E-state index contributed by atoms with van der Waals surface area (Å²) in [7, 11) is -3.12. The highest BCUT2D eigenvalue weighted by molar-refractivity contribution is 7.92. The number of fused-ring (bicyclic) bond motifs is 1. The summed E-state index contributed by atoms with van der Waals surface area (Å²) in [5, 5.41) is 5.96. The molecule has 0 amide bonds. The number of sulfone groups is 1. The average molecular weight is 285 g/mol. The first-order valence-electron chi connectivity index (χ1n) is 5.43. The van der Waals surface area contributed by atoms with E-state index in [4.69, 9.17) is 0 Å². The zero-order valence-corrected chi connectivity index (χ0v) is 12.1. The van der Waals surface area contributed by atoms with E-state index < -0.39 is 14.6 Å². The molecule has 18 heavy (non-hydrogen) atoms. The summed E-state index contributed by atoms with van der Waals surface area (Å²) in [6, 6.07) is 1.93. The van der Waals surface area contributed by atoms with Gasteiger partial charge in [-0.1, -0.05) is 0 Å². The van der Waals surface area contributed by atoms with Crippen molar-refractivity contribution in [3.05, 3.63) is 17.8 Å². The minimum Gasteiger partial charge on any atom is -0.368 e. The summed E-state index contributed by atoms with van der Waals surface area (Å²) >= 11 is 1.53. The lowest BCUT2D eigenvalue weighted by molar-refractivity contribution is 0.559. The Labute approximate surface area is 110 Å². The first kappa shape index (κ1) is 13.2. The van der Waals surface area contributed by atoms with Crippen molar-refractivity contribution in [2.75, 3.05) is 18.1 Å². The number of thiophene rings is 1. The second-order valence-corrected chi connectivity index (χ2v) is 8.29. The van der Waals surface area contributed by atoms with Gasteiger partial charge in [-0.2, -0.15) is 0 Å². The van der Waals surface area contributed by atoms with Gasteiger partial charge >= 0.3 is 0 Å². The van der Waals surface area contributed by atoms with Crippen LogP contribution in [0.2, 0.25) is 0 Å². The highest BCUT2D eigenvalue weighted by atomic mass is 32.2. The Hall–Kier alpha value is -1.21. The van der Waals surface area contributed by atoms with Crippen LogP contribution in [0.5, 0.6) is 0 Å². The van der Waals surface area contributed by atoms with Crippen LogP contribution in [0.1, 0.15) is 13.8 Å². The van der Waals surface area contributed by atoms with Crippen LogP contribution < -0.4 is 5.32 Å². The van der Waals surface area contributed by atoms with Crippen LogP contribution in [0.4, 0.5) is 5.82 Å². The fourth-order valence-electron chi connectivity index (χ4n) is 1.36. The lowest BCUT2D eigenvalue weighted by atomic mass is 10.2. The molecule has 0 saturated carbocycles. The Morgan fingerprint density at radius 3 is 2.78 bits per heavy atom. The maximum atomic E-state index is 11.6. The standard InChI is InChI=1S/C11H15N3O2S2/c1-11(2,18(3,15)16)6-12-9-8-4-5-17-10(8)14-7-13-9/h4-5,7H,6H2,1-3H3,(H,12,13,14). The van der Waals surface area contributed by atoms with E-state index in [1.807, 2.05) is 11.4 Å². The Morgan fingerprint density at radius 1 is 1.39 bits per heavy atom. The molecule has 0 atom stereocenters. The van der Waals surface area contributed by atoms with E-state index in [0.29, 0.717) is 12.4 Å². The molecule has 0 radical (unpaired) electrons. The van der Waals surface area contributed by atoms with E-state index >= 15 is 0 Å². The third kappa shape index (κ3) is 2.46. The first-order valence-corrected chi connectivity index (χ1v) is 8.20. The summed E-state index contributed by atoms with van der Waals surface area (Å²) in [6.45, 7) is 3.70. The average Bonchev–Trinajstić information content (AvgIpc) is 2.73. The van der Waals surface area contributed by atoms with Crippen LogP contribution in [0, 0.1) is 0 Å². The van der Waals surface area contributed by atoms with E-state index in [0.717, 1.165) is 10.2 Å². The summed E-state index contributed by atoms with van der Waals surface area (Å²) in [6.07, 6.45) is 2.73. The number of aromatic nitrogens is 2. The number of nitrogens with one attached hydrogen (secondary N) is 1. The van der Waals surface area contributed by atoms with Crippen LogP contribution in [-0.2, 0) is 9.84 Å². The maximum absolute atomic E-state index is 11.6. The van der Waals surface area contributed by atoms with Crippen LogP contribution in [0.25, 0.3) is 10.2 Å². The molecule has 7 heteroatoms. The highest BCUT2D eigenvalue weighted by Crippen LogP contribution is 2.24. The van der Waals surface area contributed by atoms with Crippen LogP contribution in [0.15, 0.2) is 17.8 Å². The molecule has 98 valence electrons. The fraction of sp³-hybridized carbons (Fsp3) is 0.455. The topological polar surface area (TPSA) is 72.0 Å². The van der Waals surface area contributed by atoms with Gasteiger partial charge in [0.05, 0.1) is 10.1 Å². The number of hydrogen-bond acceptors (Lipinski definition) is 6. The molecule has 5 nitrogen and oxygen atoms in total. The molecule has 0 spiro atoms. The number of hydrogen-bond donors (Lipinski definition) is 1. The van der Waals surface area contributed by atoms with E-state index in [9.17, 15) is 8.42 Å². The van der Waals surface area contributed by atoms with Crippen molar-refractivity contribution in [2.45, 2.75) is 18.6 Å². The summed E-state index contributed by atoms with van der Waals surface area (Å²) in [5.74, 6) is 0.679. The van der Waals surface area contributed by atoms with Crippen LogP contribution in [0.3, 0.4) is 0 Å². The SMILES string of the molecule is CC(C)(CNc1ncnc2sccc12)S(C)(=O)=O. The van der Waals surface area contributed by atoms with E-state index in [1.54, 1.807) is 13.8 Å². The van der Waals surface area contributed by atoms with Crippen molar-refractivity contribution >= 4 is 37.2 Å². The first-order chi connectivity index (χ1) is 8.31. The molecule has 0 aliphatic rings. The predicted octanol–water partition coefficient (Wildman–Crippen LogP) is 1.93. The zero-order chi connectivity index (χ0) is 13.4. The fourth-order valence-corrected chi connectivity index (χ4v) is 2.43. The monoisotopic (exact) mass is 285 g/mol. The van der Waals surface area contributed by atoms with Gasteiger partial charge in [0.1, 0.15) is 17.0 Å². The summed E-state index contributed by atoms with van der Waals surface area (Å²) < 4.78 is 22.4. The van der Waals surface area contributed by atoms with Crippen molar-refractivity contribution in [2.24, 2.45) is 0 Å². The van der Waals surface area contributed by atoms with E-state index in [2.05, 4.69) is 15.3 Å². The lowest BCUT2D eigenvalue weighted by Gasteiger charge is -2.23. The van der Waals surface area contributed by atoms with Crippen molar-refractivity contribution in [3.63, 3.8) is 0 Å². The molecule has 2 rings (SSSR count). The number of rotatable bonds is 4. The van der Waals surface area contributed by atoms with Crippen molar-refractivity contribution in [1.82, 2.24) is 9.97 Å². The maximum Gasteiger partial charge on any atom is 0.154 e. The summed E-state index contributed by atoms with van der Waals surface area (Å²) in [5.41, 5.74) is 0. The molecular weight excluding hydrogens is 270 g/mol. The zero-order valence-electron chi connectivity index (χ0n) is 10.5. The second kappa shape index (κ2) is 4.47. The molecule has 0 fully saturated rings. The Kier molecular flexibility index (Phi) is 3.29. The molecule has 2 heterocycles. The van der Waals surface area contributed by atoms with E-state index in [-0.39, 0.29) is 0 Å². The molecule has 2 aromatic heterocycles. The molecule has 0 saturated heterocycles. The van der Waals surface area contributed by atoms with Crippen LogP contribution >= 0.6 is 11.3 Å². The van der Waals surface area contributed by atoms with Gasteiger partial charge < -0.3 is 5.32 Å². The Balaban J connectivity index is 2.23. The smallest absolute Gasteiger partial charge is 0.154 e. The molecule has 0 aliphatic heterocycles. The molecule has 0 aromatic carbocycles. The van der Waals surface area contributed by atoms with Gasteiger partial charge in [0, 0.05) is 12.8 Å². The van der Waals surface area contributed by atoms with Gasteiger partial charge in [-0.25, -0.2) is 18.4 Å². The van der Waals surface area contributed by atoms with Gasteiger partial charge in [0.25, 0.3) is 0 Å². The van der Waals surface area contributed by atoms with Crippen molar-refractivity contribution in [1.29, 1.82) is 0 Å².